The predicted molar refractivity (Wildman–Crippen MR) is 87.0 cm³/mol. The smallest absolute Gasteiger partial charge is 0.275 e. The van der Waals surface area contributed by atoms with Gasteiger partial charge in [-0.2, -0.15) is 0 Å². The second kappa shape index (κ2) is 5.50. The Hall–Kier alpha value is -2.69. The molecule has 0 radical (unpaired) electrons. The Labute approximate surface area is 134 Å². The maximum absolute atomic E-state index is 12.9. The van der Waals surface area contributed by atoms with Crippen molar-refractivity contribution >= 4 is 28.6 Å². The lowest BCUT2D eigenvalue weighted by molar-refractivity contribution is -0.126. The average Bonchev–Trinajstić information content (AvgIpc) is 2.83. The number of rotatable bonds is 3. The average molecular weight is 310 g/mol. The van der Waals surface area contributed by atoms with Gasteiger partial charge in [-0.15, -0.1) is 0 Å². The molecule has 0 bridgehead atoms. The first kappa shape index (κ1) is 15.2. The highest BCUT2D eigenvalue weighted by molar-refractivity contribution is 6.18. The summed E-state index contributed by atoms with van der Waals surface area (Å²) in [5.74, 6) is -0.843. The largest absolute Gasteiger partial charge is 0.332 e. The number of carbonyl (C=O) groups is 3. The van der Waals surface area contributed by atoms with Crippen LogP contribution in [0.2, 0.25) is 0 Å². The summed E-state index contributed by atoms with van der Waals surface area (Å²) in [5, 5.41) is 4.21. The second-order valence-electron chi connectivity index (χ2n) is 5.70. The number of benzene rings is 2. The summed E-state index contributed by atoms with van der Waals surface area (Å²) in [6.45, 7) is 3.62. The van der Waals surface area contributed by atoms with Crippen molar-refractivity contribution in [1.29, 1.82) is 0 Å². The van der Waals surface area contributed by atoms with E-state index in [0.29, 0.717) is 18.4 Å². The summed E-state index contributed by atoms with van der Waals surface area (Å²) in [5.41, 5.74) is -0.695. The number of nitrogens with zero attached hydrogens (tertiary/aromatic N) is 1. The van der Waals surface area contributed by atoms with Crippen LogP contribution in [-0.2, 0) is 4.79 Å². The summed E-state index contributed by atoms with van der Waals surface area (Å²) in [6, 6.07) is 12.3. The Morgan fingerprint density at radius 3 is 2.35 bits per heavy atom. The van der Waals surface area contributed by atoms with Gasteiger partial charge in [-0.25, -0.2) is 9.69 Å². The number of nitrogens with one attached hydrogen (secondary N) is 1. The minimum Gasteiger partial charge on any atom is -0.275 e. The van der Waals surface area contributed by atoms with Crippen LogP contribution in [-0.4, -0.2) is 28.3 Å². The van der Waals surface area contributed by atoms with Gasteiger partial charge in [-0.3, -0.25) is 14.9 Å². The second-order valence-corrected chi connectivity index (χ2v) is 5.70. The van der Waals surface area contributed by atoms with E-state index in [0.717, 1.165) is 15.7 Å². The minimum absolute atomic E-state index is 0.389. The van der Waals surface area contributed by atoms with E-state index in [1.165, 1.54) is 0 Å². The van der Waals surface area contributed by atoms with Gasteiger partial charge in [0.15, 0.2) is 0 Å². The van der Waals surface area contributed by atoms with Crippen molar-refractivity contribution in [3.63, 3.8) is 0 Å². The molecule has 2 aromatic rings. The van der Waals surface area contributed by atoms with Gasteiger partial charge in [0.1, 0.15) is 5.54 Å². The first-order valence-electron chi connectivity index (χ1n) is 7.72. The molecule has 118 valence electrons. The van der Waals surface area contributed by atoms with Crippen molar-refractivity contribution in [2.75, 3.05) is 0 Å². The molecule has 0 spiro atoms. The fourth-order valence-corrected chi connectivity index (χ4v) is 3.19. The number of amides is 4. The number of urea groups is 1. The first-order valence-corrected chi connectivity index (χ1v) is 7.72. The van der Waals surface area contributed by atoms with Crippen LogP contribution < -0.4 is 5.32 Å². The molecule has 5 nitrogen and oxygen atoms in total. The summed E-state index contributed by atoms with van der Waals surface area (Å²) in [7, 11) is 0. The zero-order chi connectivity index (χ0) is 16.6. The molecule has 0 aliphatic carbocycles. The van der Waals surface area contributed by atoms with E-state index in [9.17, 15) is 14.4 Å². The van der Waals surface area contributed by atoms with Crippen molar-refractivity contribution in [2.45, 2.75) is 32.2 Å². The molecule has 1 aliphatic heterocycles. The molecule has 1 heterocycles. The molecule has 23 heavy (non-hydrogen) atoms. The monoisotopic (exact) mass is 310 g/mol. The molecule has 1 aliphatic rings. The summed E-state index contributed by atoms with van der Waals surface area (Å²) >= 11 is 0. The SMILES string of the molecule is CCC1(CC)C(=O)NC(=O)N1C(=O)c1ccc2ccccc2c1. The standard InChI is InChI=1S/C18H18N2O3/c1-3-18(4-2)16(22)19-17(23)20(18)15(21)14-10-9-12-7-5-6-8-13(12)11-14/h5-11H,3-4H2,1-2H3,(H,19,22,23). The first-order chi connectivity index (χ1) is 11.0. The van der Waals surface area contributed by atoms with E-state index >= 15 is 0 Å². The number of hydrogen-bond donors (Lipinski definition) is 1. The molecule has 3 rings (SSSR count). The fourth-order valence-electron chi connectivity index (χ4n) is 3.19. The third-order valence-electron chi connectivity index (χ3n) is 4.64. The number of hydrogen-bond acceptors (Lipinski definition) is 3. The lowest BCUT2D eigenvalue weighted by Gasteiger charge is -2.31. The number of carbonyl (C=O) groups excluding carboxylic acids is 3. The molecule has 0 aromatic heterocycles. The zero-order valence-electron chi connectivity index (χ0n) is 13.1. The maximum atomic E-state index is 12.9. The Balaban J connectivity index is 2.06. The van der Waals surface area contributed by atoms with Gasteiger partial charge in [0, 0.05) is 5.56 Å². The molecule has 4 amide bonds. The van der Waals surface area contributed by atoms with E-state index in [1.54, 1.807) is 12.1 Å². The molecule has 1 N–H and O–H groups in total. The topological polar surface area (TPSA) is 66.5 Å². The van der Waals surface area contributed by atoms with Crippen LogP contribution in [0.3, 0.4) is 0 Å². The summed E-state index contributed by atoms with van der Waals surface area (Å²) in [6.07, 6.45) is 0.779. The molecule has 1 saturated heterocycles. The number of imide groups is 2. The Kier molecular flexibility index (Phi) is 3.64. The quantitative estimate of drug-likeness (QED) is 0.886. The fraction of sp³-hybridized carbons (Fsp3) is 0.278. The highest BCUT2D eigenvalue weighted by Crippen LogP contribution is 2.31. The molecule has 5 heteroatoms. The maximum Gasteiger partial charge on any atom is 0.332 e. The van der Waals surface area contributed by atoms with Crippen LogP contribution in [0.4, 0.5) is 4.79 Å². The molecule has 0 saturated carbocycles. The van der Waals surface area contributed by atoms with Crippen LogP contribution in [0.25, 0.3) is 10.8 Å². The molecule has 1 fully saturated rings. The van der Waals surface area contributed by atoms with Gasteiger partial charge in [0.2, 0.25) is 0 Å². The Morgan fingerprint density at radius 2 is 1.70 bits per heavy atom. The van der Waals surface area contributed by atoms with E-state index in [2.05, 4.69) is 5.32 Å². The van der Waals surface area contributed by atoms with Crippen molar-refractivity contribution in [3.05, 3.63) is 48.0 Å². The molecular weight excluding hydrogens is 292 g/mol. The van der Waals surface area contributed by atoms with Crippen LogP contribution in [0.15, 0.2) is 42.5 Å². The zero-order valence-corrected chi connectivity index (χ0v) is 13.1. The highest BCUT2D eigenvalue weighted by Gasteiger charge is 2.53. The van der Waals surface area contributed by atoms with Crippen LogP contribution in [0.5, 0.6) is 0 Å². The lowest BCUT2D eigenvalue weighted by atomic mass is 9.90. The highest BCUT2D eigenvalue weighted by atomic mass is 16.2. The van der Waals surface area contributed by atoms with Gasteiger partial charge >= 0.3 is 6.03 Å². The van der Waals surface area contributed by atoms with Crippen LogP contribution in [0.1, 0.15) is 37.0 Å². The lowest BCUT2D eigenvalue weighted by Crippen LogP contribution is -2.51. The number of fused-ring (bicyclic) bond motifs is 1. The van der Waals surface area contributed by atoms with E-state index in [4.69, 9.17) is 0 Å². The predicted octanol–water partition coefficient (Wildman–Crippen LogP) is 3.09. The molecule has 2 aromatic carbocycles. The third-order valence-corrected chi connectivity index (χ3v) is 4.64. The van der Waals surface area contributed by atoms with Crippen molar-refractivity contribution in [2.24, 2.45) is 0 Å². The van der Waals surface area contributed by atoms with Crippen LogP contribution in [0, 0.1) is 0 Å². The van der Waals surface area contributed by atoms with Crippen molar-refractivity contribution in [1.82, 2.24) is 10.2 Å². The molecule has 0 unspecified atom stereocenters. The van der Waals surface area contributed by atoms with Gasteiger partial charge in [-0.05, 0) is 35.7 Å². The van der Waals surface area contributed by atoms with Crippen LogP contribution >= 0.6 is 0 Å². The normalized spacial score (nSPS) is 16.7. The van der Waals surface area contributed by atoms with E-state index in [1.807, 2.05) is 44.2 Å². The van der Waals surface area contributed by atoms with Gasteiger partial charge in [-0.1, -0.05) is 44.2 Å². The van der Waals surface area contributed by atoms with E-state index < -0.39 is 23.4 Å². The molecular formula is C18H18N2O3. The minimum atomic E-state index is -1.10. The summed E-state index contributed by atoms with van der Waals surface area (Å²) < 4.78 is 0. The van der Waals surface area contributed by atoms with Gasteiger partial charge in [0.25, 0.3) is 11.8 Å². The summed E-state index contributed by atoms with van der Waals surface area (Å²) in [4.78, 5) is 38.3. The van der Waals surface area contributed by atoms with Gasteiger partial charge < -0.3 is 0 Å². The van der Waals surface area contributed by atoms with Crippen molar-refractivity contribution in [3.8, 4) is 0 Å². The Bertz CT molecular complexity index is 809. The molecule has 0 atom stereocenters. The Morgan fingerprint density at radius 1 is 1.04 bits per heavy atom. The third kappa shape index (κ3) is 2.20. The van der Waals surface area contributed by atoms with Gasteiger partial charge in [0.05, 0.1) is 0 Å². The van der Waals surface area contributed by atoms with Crippen molar-refractivity contribution < 1.29 is 14.4 Å². The van der Waals surface area contributed by atoms with E-state index in [-0.39, 0.29) is 0 Å².